The van der Waals surface area contributed by atoms with E-state index in [-0.39, 0.29) is 0 Å². The Hall–Kier alpha value is 0.180. The third-order valence-electron chi connectivity index (χ3n) is 1.28. The summed E-state index contributed by atoms with van der Waals surface area (Å²) in [4.78, 5) is 2.20. The fraction of sp³-hybridized carbons (Fsp3) is 0.857. The average molecular weight is 252 g/mol. The van der Waals surface area contributed by atoms with Crippen LogP contribution < -0.4 is 0 Å². The van der Waals surface area contributed by atoms with Crippen LogP contribution in [0.5, 0.6) is 0 Å². The van der Waals surface area contributed by atoms with Crippen LogP contribution in [-0.4, -0.2) is 29.5 Å². The normalized spacial score (nSPS) is 9.80. The zero-order valence-electron chi connectivity index (χ0n) is 6.31. The van der Waals surface area contributed by atoms with Crippen molar-refractivity contribution in [1.82, 2.24) is 4.90 Å². The molecule has 0 aromatic heterocycles. The van der Waals surface area contributed by atoms with Gasteiger partial charge in [0.05, 0.1) is 6.07 Å². The molecule has 58 valence electrons. The van der Waals surface area contributed by atoms with E-state index in [1.54, 1.807) is 0 Å². The van der Waals surface area contributed by atoms with Crippen molar-refractivity contribution in [2.45, 2.75) is 12.8 Å². The van der Waals surface area contributed by atoms with E-state index in [2.05, 4.69) is 40.6 Å². The Morgan fingerprint density at radius 1 is 1.50 bits per heavy atom. The topological polar surface area (TPSA) is 27.0 Å². The predicted octanol–water partition coefficient (Wildman–Crippen LogP) is 1.66. The minimum absolute atomic E-state index is 0.651. The van der Waals surface area contributed by atoms with Crippen LogP contribution in [0.15, 0.2) is 0 Å². The Morgan fingerprint density at radius 2 is 2.20 bits per heavy atom. The van der Waals surface area contributed by atoms with Gasteiger partial charge < -0.3 is 4.90 Å². The van der Waals surface area contributed by atoms with Crippen LogP contribution >= 0.6 is 22.6 Å². The summed E-state index contributed by atoms with van der Waals surface area (Å²) >= 11 is 2.37. The smallest absolute Gasteiger partial charge is 0.0635 e. The zero-order valence-corrected chi connectivity index (χ0v) is 8.47. The van der Waals surface area contributed by atoms with Gasteiger partial charge in [-0.25, -0.2) is 0 Å². The van der Waals surface area contributed by atoms with Crippen LogP contribution in [0.25, 0.3) is 0 Å². The number of nitrogens with zero attached hydrogens (tertiary/aromatic N) is 2. The van der Waals surface area contributed by atoms with Gasteiger partial charge in [-0.3, -0.25) is 0 Å². The largest absolute Gasteiger partial charge is 0.305 e. The van der Waals surface area contributed by atoms with Gasteiger partial charge in [-0.05, 0) is 20.0 Å². The Kier molecular flexibility index (Phi) is 7.42. The molecule has 0 atom stereocenters. The molecule has 0 heterocycles. The molecule has 0 aliphatic heterocycles. The van der Waals surface area contributed by atoms with Gasteiger partial charge >= 0.3 is 0 Å². The van der Waals surface area contributed by atoms with E-state index >= 15 is 0 Å². The highest BCUT2D eigenvalue weighted by atomic mass is 127. The second-order valence-corrected chi connectivity index (χ2v) is 3.33. The van der Waals surface area contributed by atoms with E-state index < -0.39 is 0 Å². The molecule has 3 heteroatoms. The average Bonchev–Trinajstić information content (AvgIpc) is 1.97. The zero-order chi connectivity index (χ0) is 7.82. The second kappa shape index (κ2) is 7.29. The first kappa shape index (κ1) is 10.2. The van der Waals surface area contributed by atoms with Crippen molar-refractivity contribution in [3.05, 3.63) is 0 Å². The van der Waals surface area contributed by atoms with Gasteiger partial charge in [-0.15, -0.1) is 0 Å². The van der Waals surface area contributed by atoms with Crippen molar-refractivity contribution in [2.24, 2.45) is 0 Å². The van der Waals surface area contributed by atoms with Crippen LogP contribution in [0.4, 0.5) is 0 Å². The van der Waals surface area contributed by atoms with Gasteiger partial charge in [0.1, 0.15) is 0 Å². The summed E-state index contributed by atoms with van der Waals surface area (Å²) in [7, 11) is 2.06. The molecule has 0 saturated carbocycles. The Labute approximate surface area is 76.3 Å². The summed E-state index contributed by atoms with van der Waals surface area (Å²) in [5.74, 6) is 0. The third kappa shape index (κ3) is 6.30. The van der Waals surface area contributed by atoms with E-state index in [1.807, 2.05) is 0 Å². The van der Waals surface area contributed by atoms with Crippen molar-refractivity contribution in [2.75, 3.05) is 24.6 Å². The lowest BCUT2D eigenvalue weighted by molar-refractivity contribution is 0.344. The molecule has 0 aliphatic carbocycles. The number of halogens is 1. The molecule has 10 heavy (non-hydrogen) atoms. The number of nitriles is 1. The van der Waals surface area contributed by atoms with Gasteiger partial charge in [0, 0.05) is 17.4 Å². The van der Waals surface area contributed by atoms with Gasteiger partial charge in [-0.2, -0.15) is 5.26 Å². The molecule has 0 saturated heterocycles. The molecule has 0 rings (SSSR count). The predicted molar refractivity (Wildman–Crippen MR) is 51.2 cm³/mol. The molecule has 0 unspecified atom stereocenters. The molecule has 0 bridgehead atoms. The molecular formula is C7H13IN2. The molecule has 0 spiro atoms. The van der Waals surface area contributed by atoms with Crippen LogP contribution in [0.3, 0.4) is 0 Å². The lowest BCUT2D eigenvalue weighted by Crippen LogP contribution is -2.20. The van der Waals surface area contributed by atoms with Crippen LogP contribution in [0, 0.1) is 11.3 Å². The standard InChI is InChI=1S/C7H13IN2/c1-10(6-2-4-8)7-3-5-9/h2-4,6-7H2,1H3. The Balaban J connectivity index is 3.10. The van der Waals surface area contributed by atoms with Crippen LogP contribution in [0.2, 0.25) is 0 Å². The number of hydrogen-bond acceptors (Lipinski definition) is 2. The SMILES string of the molecule is CN(CCC#N)CCCI. The van der Waals surface area contributed by atoms with Crippen molar-refractivity contribution in [1.29, 1.82) is 5.26 Å². The van der Waals surface area contributed by atoms with Crippen molar-refractivity contribution < 1.29 is 0 Å². The molecule has 0 aromatic rings. The highest BCUT2D eigenvalue weighted by Crippen LogP contribution is 1.92. The maximum atomic E-state index is 8.26. The van der Waals surface area contributed by atoms with Crippen molar-refractivity contribution in [3.8, 4) is 6.07 Å². The summed E-state index contributed by atoms with van der Waals surface area (Å²) in [6.45, 7) is 2.03. The highest BCUT2D eigenvalue weighted by Gasteiger charge is 1.94. The minimum atomic E-state index is 0.651. The number of hydrogen-bond donors (Lipinski definition) is 0. The lowest BCUT2D eigenvalue weighted by Gasteiger charge is -2.12. The van der Waals surface area contributed by atoms with Gasteiger partial charge in [0.2, 0.25) is 0 Å². The highest BCUT2D eigenvalue weighted by molar-refractivity contribution is 14.1. The number of alkyl halides is 1. The molecular weight excluding hydrogens is 239 g/mol. The first-order valence-electron chi connectivity index (χ1n) is 3.42. The first-order valence-corrected chi connectivity index (χ1v) is 4.95. The van der Waals surface area contributed by atoms with Crippen LogP contribution in [-0.2, 0) is 0 Å². The second-order valence-electron chi connectivity index (χ2n) is 2.25. The maximum absolute atomic E-state index is 8.26. The minimum Gasteiger partial charge on any atom is -0.305 e. The van der Waals surface area contributed by atoms with Crippen molar-refractivity contribution >= 4 is 22.6 Å². The van der Waals surface area contributed by atoms with E-state index in [4.69, 9.17) is 5.26 Å². The Morgan fingerprint density at radius 3 is 2.70 bits per heavy atom. The number of rotatable bonds is 5. The quantitative estimate of drug-likeness (QED) is 0.549. The lowest BCUT2D eigenvalue weighted by atomic mass is 10.4. The summed E-state index contributed by atoms with van der Waals surface area (Å²) in [5.41, 5.74) is 0. The summed E-state index contributed by atoms with van der Waals surface area (Å²) in [6, 6.07) is 2.13. The molecule has 0 aromatic carbocycles. The van der Waals surface area contributed by atoms with Gasteiger partial charge in [0.15, 0.2) is 0 Å². The maximum Gasteiger partial charge on any atom is 0.0635 e. The van der Waals surface area contributed by atoms with Crippen molar-refractivity contribution in [3.63, 3.8) is 0 Å². The molecule has 0 radical (unpaired) electrons. The summed E-state index contributed by atoms with van der Waals surface area (Å²) in [5, 5.41) is 8.26. The van der Waals surface area contributed by atoms with E-state index in [9.17, 15) is 0 Å². The molecule has 0 fully saturated rings. The molecule has 0 amide bonds. The fourth-order valence-corrected chi connectivity index (χ4v) is 1.02. The van der Waals surface area contributed by atoms with Gasteiger partial charge in [-0.1, -0.05) is 22.6 Å². The van der Waals surface area contributed by atoms with Crippen LogP contribution in [0.1, 0.15) is 12.8 Å². The van der Waals surface area contributed by atoms with E-state index in [1.165, 1.54) is 10.8 Å². The van der Waals surface area contributed by atoms with Gasteiger partial charge in [0.25, 0.3) is 0 Å². The fourth-order valence-electron chi connectivity index (χ4n) is 0.682. The molecule has 2 nitrogen and oxygen atoms in total. The third-order valence-corrected chi connectivity index (χ3v) is 2.04. The molecule has 0 N–H and O–H groups in total. The monoisotopic (exact) mass is 252 g/mol. The Bertz CT molecular complexity index is 109. The summed E-state index contributed by atoms with van der Waals surface area (Å²) in [6.07, 6.45) is 1.88. The first-order chi connectivity index (χ1) is 4.81. The van der Waals surface area contributed by atoms with E-state index in [0.717, 1.165) is 13.1 Å². The van der Waals surface area contributed by atoms with E-state index in [0.29, 0.717) is 6.42 Å². The molecule has 0 aliphatic rings. The summed E-state index contributed by atoms with van der Waals surface area (Å²) < 4.78 is 1.20.